The van der Waals surface area contributed by atoms with E-state index in [0.29, 0.717) is 0 Å². The average Bonchev–Trinajstić information content (AvgIpc) is 2.54. The molecule has 1 unspecified atom stereocenters. The minimum atomic E-state index is 0.271. The Morgan fingerprint density at radius 2 is 1.90 bits per heavy atom. The molecule has 0 amide bonds. The zero-order valence-corrected chi connectivity index (χ0v) is 12.9. The molecule has 0 bridgehead atoms. The molecule has 0 aliphatic carbocycles. The number of nitrogens with one attached hydrogen (secondary N) is 1. The molecule has 4 heteroatoms. The second-order valence-electron chi connectivity index (χ2n) is 5.11. The van der Waals surface area contributed by atoms with Crippen molar-refractivity contribution in [1.29, 1.82) is 0 Å². The molecule has 2 aromatic carbocycles. The molecule has 0 saturated heterocycles. The van der Waals surface area contributed by atoms with Crippen LogP contribution in [0.15, 0.2) is 36.4 Å². The van der Waals surface area contributed by atoms with E-state index >= 15 is 0 Å². The van der Waals surface area contributed by atoms with Crippen molar-refractivity contribution in [3.63, 3.8) is 0 Å². The largest absolute Gasteiger partial charge is 0.493 e. The maximum Gasteiger partial charge on any atom is 0.161 e. The van der Waals surface area contributed by atoms with Crippen molar-refractivity contribution in [3.8, 4) is 11.5 Å². The van der Waals surface area contributed by atoms with E-state index in [4.69, 9.17) is 21.1 Å². The van der Waals surface area contributed by atoms with Crippen LogP contribution in [0.3, 0.4) is 0 Å². The van der Waals surface area contributed by atoms with Crippen LogP contribution in [-0.2, 0) is 6.54 Å². The van der Waals surface area contributed by atoms with Crippen LogP contribution in [0.1, 0.15) is 22.6 Å². The first-order chi connectivity index (χ1) is 10.2. The van der Waals surface area contributed by atoms with Gasteiger partial charge in [0.1, 0.15) is 0 Å². The van der Waals surface area contributed by atoms with Crippen molar-refractivity contribution >= 4 is 11.6 Å². The summed E-state index contributed by atoms with van der Waals surface area (Å²) in [4.78, 5) is 0. The van der Waals surface area contributed by atoms with Crippen molar-refractivity contribution in [3.05, 3.63) is 58.1 Å². The highest BCUT2D eigenvalue weighted by atomic mass is 35.5. The van der Waals surface area contributed by atoms with Gasteiger partial charge in [-0.05, 0) is 34.9 Å². The lowest BCUT2D eigenvalue weighted by Gasteiger charge is -2.28. The monoisotopic (exact) mass is 303 g/mol. The molecule has 2 aromatic rings. The Bertz CT molecular complexity index is 657. The van der Waals surface area contributed by atoms with Crippen molar-refractivity contribution in [2.24, 2.45) is 0 Å². The third-order valence-corrected chi connectivity index (χ3v) is 4.34. The lowest BCUT2D eigenvalue weighted by atomic mass is 9.85. The molecule has 3 rings (SSSR count). The van der Waals surface area contributed by atoms with Crippen LogP contribution < -0.4 is 14.8 Å². The van der Waals surface area contributed by atoms with Gasteiger partial charge >= 0.3 is 0 Å². The number of fused-ring (bicyclic) bond motifs is 1. The second kappa shape index (κ2) is 5.96. The van der Waals surface area contributed by atoms with Crippen LogP contribution in [-0.4, -0.2) is 20.8 Å². The summed E-state index contributed by atoms with van der Waals surface area (Å²) in [5.41, 5.74) is 3.67. The molecule has 21 heavy (non-hydrogen) atoms. The van der Waals surface area contributed by atoms with E-state index in [2.05, 4.69) is 17.4 Å². The summed E-state index contributed by atoms with van der Waals surface area (Å²) in [7, 11) is 3.31. The van der Waals surface area contributed by atoms with Gasteiger partial charge in [0, 0.05) is 24.0 Å². The molecule has 0 fully saturated rings. The van der Waals surface area contributed by atoms with E-state index in [1.165, 1.54) is 16.7 Å². The first-order valence-corrected chi connectivity index (χ1v) is 7.32. The highest BCUT2D eigenvalue weighted by molar-refractivity contribution is 6.31. The molecule has 0 radical (unpaired) electrons. The molecule has 1 heterocycles. The van der Waals surface area contributed by atoms with Crippen molar-refractivity contribution in [2.45, 2.75) is 12.5 Å². The third kappa shape index (κ3) is 2.59. The number of ether oxygens (including phenoxy) is 2. The summed E-state index contributed by atoms with van der Waals surface area (Å²) in [6, 6.07) is 12.2. The van der Waals surface area contributed by atoms with E-state index < -0.39 is 0 Å². The number of benzene rings is 2. The summed E-state index contributed by atoms with van der Waals surface area (Å²) in [5.74, 6) is 1.77. The van der Waals surface area contributed by atoms with Crippen LogP contribution in [0.2, 0.25) is 5.02 Å². The zero-order valence-electron chi connectivity index (χ0n) is 12.2. The van der Waals surface area contributed by atoms with Gasteiger partial charge in [0.05, 0.1) is 14.2 Å². The summed E-state index contributed by atoms with van der Waals surface area (Å²) in [5, 5.41) is 4.26. The van der Waals surface area contributed by atoms with Gasteiger partial charge in [-0.25, -0.2) is 0 Å². The third-order valence-electron chi connectivity index (χ3n) is 3.99. The normalized spacial score (nSPS) is 17.2. The molecule has 1 N–H and O–H groups in total. The lowest BCUT2D eigenvalue weighted by molar-refractivity contribution is 0.354. The van der Waals surface area contributed by atoms with Crippen LogP contribution in [0.5, 0.6) is 11.5 Å². The average molecular weight is 304 g/mol. The van der Waals surface area contributed by atoms with Crippen LogP contribution >= 0.6 is 11.6 Å². The maximum atomic E-state index is 6.32. The van der Waals surface area contributed by atoms with Gasteiger partial charge in [-0.2, -0.15) is 0 Å². The summed E-state index contributed by atoms with van der Waals surface area (Å²) >= 11 is 6.32. The summed E-state index contributed by atoms with van der Waals surface area (Å²) in [6.45, 7) is 1.71. The molecule has 0 spiro atoms. The summed E-state index contributed by atoms with van der Waals surface area (Å²) < 4.78 is 10.7. The topological polar surface area (TPSA) is 30.5 Å². The van der Waals surface area contributed by atoms with E-state index in [-0.39, 0.29) is 5.92 Å². The highest BCUT2D eigenvalue weighted by Crippen LogP contribution is 2.37. The Labute approximate surface area is 129 Å². The van der Waals surface area contributed by atoms with Crippen LogP contribution in [0.25, 0.3) is 0 Å². The fourth-order valence-electron chi connectivity index (χ4n) is 2.91. The quantitative estimate of drug-likeness (QED) is 0.940. The molecule has 0 aromatic heterocycles. The van der Waals surface area contributed by atoms with Crippen LogP contribution in [0, 0.1) is 0 Å². The van der Waals surface area contributed by atoms with Gasteiger partial charge in [0.2, 0.25) is 0 Å². The Hall–Kier alpha value is -1.71. The smallest absolute Gasteiger partial charge is 0.161 e. The number of methoxy groups -OCH3 is 2. The Kier molecular flexibility index (Phi) is 4.04. The van der Waals surface area contributed by atoms with E-state index in [1.54, 1.807) is 14.2 Å². The molecule has 3 nitrogen and oxygen atoms in total. The molecular weight excluding hydrogens is 286 g/mol. The van der Waals surface area contributed by atoms with Gasteiger partial charge in [-0.3, -0.25) is 0 Å². The van der Waals surface area contributed by atoms with Gasteiger partial charge in [-0.1, -0.05) is 29.8 Å². The molecule has 110 valence electrons. The van der Waals surface area contributed by atoms with Crippen molar-refractivity contribution in [2.75, 3.05) is 20.8 Å². The number of hydrogen-bond donors (Lipinski definition) is 1. The standard InChI is InChI=1S/C17H18ClNO2/c1-20-16-7-6-11(8-17(16)21-2)13-9-19-10-14-12(13)4-3-5-15(14)18/h3-8,13,19H,9-10H2,1-2H3. The van der Waals surface area contributed by atoms with E-state index in [0.717, 1.165) is 29.6 Å². The van der Waals surface area contributed by atoms with E-state index in [9.17, 15) is 0 Å². The number of rotatable bonds is 3. The lowest BCUT2D eigenvalue weighted by Crippen LogP contribution is -2.29. The van der Waals surface area contributed by atoms with Crippen molar-refractivity contribution < 1.29 is 9.47 Å². The molecule has 1 atom stereocenters. The van der Waals surface area contributed by atoms with Crippen molar-refractivity contribution in [1.82, 2.24) is 5.32 Å². The van der Waals surface area contributed by atoms with Gasteiger partial charge in [0.25, 0.3) is 0 Å². The fourth-order valence-corrected chi connectivity index (χ4v) is 3.16. The zero-order chi connectivity index (χ0) is 14.8. The van der Waals surface area contributed by atoms with E-state index in [1.807, 2.05) is 24.3 Å². The molecule has 1 aliphatic rings. The SMILES string of the molecule is COc1ccc(C2CNCc3c(Cl)cccc32)cc1OC. The molecule has 1 aliphatic heterocycles. The summed E-state index contributed by atoms with van der Waals surface area (Å²) in [6.07, 6.45) is 0. The highest BCUT2D eigenvalue weighted by Gasteiger charge is 2.23. The number of hydrogen-bond acceptors (Lipinski definition) is 3. The molecular formula is C17H18ClNO2. The van der Waals surface area contributed by atoms with Gasteiger partial charge < -0.3 is 14.8 Å². The minimum absolute atomic E-state index is 0.271. The maximum absolute atomic E-state index is 6.32. The molecule has 0 saturated carbocycles. The van der Waals surface area contributed by atoms with Crippen LogP contribution in [0.4, 0.5) is 0 Å². The first kappa shape index (κ1) is 14.2. The second-order valence-corrected chi connectivity index (χ2v) is 5.51. The Morgan fingerprint density at radius 3 is 2.67 bits per heavy atom. The predicted octanol–water partition coefficient (Wildman–Crippen LogP) is 3.59. The van der Waals surface area contributed by atoms with Gasteiger partial charge in [-0.15, -0.1) is 0 Å². The predicted molar refractivity (Wildman–Crippen MR) is 84.5 cm³/mol. The Morgan fingerprint density at radius 1 is 1.10 bits per heavy atom. The fraction of sp³-hybridized carbons (Fsp3) is 0.294. The van der Waals surface area contributed by atoms with Gasteiger partial charge in [0.15, 0.2) is 11.5 Å². The Balaban J connectivity index is 2.05. The number of halogens is 1. The first-order valence-electron chi connectivity index (χ1n) is 6.94. The minimum Gasteiger partial charge on any atom is -0.493 e.